The van der Waals surface area contributed by atoms with E-state index in [4.69, 9.17) is 15.2 Å². The molecular formula is C18H21N3O2. The van der Waals surface area contributed by atoms with Gasteiger partial charge in [-0.25, -0.2) is 4.98 Å². The second-order valence-corrected chi connectivity index (χ2v) is 5.21. The van der Waals surface area contributed by atoms with Crippen LogP contribution in [0, 0.1) is 18.3 Å². The van der Waals surface area contributed by atoms with E-state index in [2.05, 4.69) is 18.0 Å². The van der Waals surface area contributed by atoms with E-state index in [1.54, 1.807) is 14.2 Å². The Bertz CT molecular complexity index is 764. The molecule has 1 heterocycles. The predicted octanol–water partition coefficient (Wildman–Crippen LogP) is 3.48. The zero-order chi connectivity index (χ0) is 17.0. The van der Waals surface area contributed by atoms with Crippen molar-refractivity contribution in [1.29, 1.82) is 5.26 Å². The van der Waals surface area contributed by atoms with E-state index < -0.39 is 0 Å². The summed E-state index contributed by atoms with van der Waals surface area (Å²) in [5.74, 6) is 1.45. The van der Waals surface area contributed by atoms with Crippen molar-refractivity contribution in [3.05, 3.63) is 35.0 Å². The number of nitrogens with two attached hydrogens (primary N) is 1. The molecule has 0 aliphatic carbocycles. The molecular weight excluding hydrogens is 290 g/mol. The fraction of sp³-hybridized carbons (Fsp3) is 0.333. The summed E-state index contributed by atoms with van der Waals surface area (Å²) in [5, 5.41) is 9.59. The second-order valence-electron chi connectivity index (χ2n) is 5.21. The van der Waals surface area contributed by atoms with Crippen molar-refractivity contribution < 1.29 is 9.47 Å². The lowest BCUT2D eigenvalue weighted by atomic mass is 9.91. The summed E-state index contributed by atoms with van der Waals surface area (Å²) < 4.78 is 10.9. The topological polar surface area (TPSA) is 81.2 Å². The Morgan fingerprint density at radius 3 is 2.57 bits per heavy atom. The van der Waals surface area contributed by atoms with Crippen LogP contribution in [0.2, 0.25) is 0 Å². The Morgan fingerprint density at radius 1 is 1.26 bits per heavy atom. The van der Waals surface area contributed by atoms with Gasteiger partial charge >= 0.3 is 0 Å². The minimum atomic E-state index is 0.240. The first-order valence-electron chi connectivity index (χ1n) is 7.49. The number of nitriles is 1. The van der Waals surface area contributed by atoms with Crippen LogP contribution >= 0.6 is 0 Å². The molecule has 2 aromatic rings. The Kier molecular flexibility index (Phi) is 5.07. The molecule has 0 spiro atoms. The quantitative estimate of drug-likeness (QED) is 0.914. The number of hydrogen-bond acceptors (Lipinski definition) is 5. The molecule has 0 unspecified atom stereocenters. The summed E-state index contributed by atoms with van der Waals surface area (Å²) in [5.41, 5.74) is 9.81. The van der Waals surface area contributed by atoms with Gasteiger partial charge in [0.05, 0.1) is 14.2 Å². The van der Waals surface area contributed by atoms with Crippen LogP contribution in [-0.4, -0.2) is 19.2 Å². The number of aryl methyl sites for hydroxylation is 1. The van der Waals surface area contributed by atoms with Gasteiger partial charge < -0.3 is 15.2 Å². The predicted molar refractivity (Wildman–Crippen MR) is 90.6 cm³/mol. The third kappa shape index (κ3) is 2.93. The molecule has 2 N–H and O–H groups in total. The van der Waals surface area contributed by atoms with Gasteiger partial charge in [-0.3, -0.25) is 0 Å². The third-order valence-electron chi connectivity index (χ3n) is 3.82. The fourth-order valence-electron chi connectivity index (χ4n) is 2.81. The van der Waals surface area contributed by atoms with Gasteiger partial charge in [-0.2, -0.15) is 5.26 Å². The number of nitrogens with zero attached hydrogens (tertiary/aromatic N) is 2. The van der Waals surface area contributed by atoms with Crippen molar-refractivity contribution in [2.75, 3.05) is 20.0 Å². The van der Waals surface area contributed by atoms with Crippen molar-refractivity contribution in [3.8, 4) is 28.7 Å². The highest BCUT2D eigenvalue weighted by Gasteiger charge is 2.22. The van der Waals surface area contributed by atoms with Gasteiger partial charge in [0.1, 0.15) is 17.5 Å². The number of hydrogen-bond donors (Lipinski definition) is 1. The van der Waals surface area contributed by atoms with E-state index in [9.17, 15) is 5.26 Å². The van der Waals surface area contributed by atoms with Crippen LogP contribution < -0.4 is 15.2 Å². The number of aromatic nitrogens is 1. The number of pyridine rings is 1. The molecule has 0 atom stereocenters. The first-order valence-corrected chi connectivity index (χ1v) is 7.49. The summed E-state index contributed by atoms with van der Waals surface area (Å²) in [4.78, 5) is 4.33. The molecule has 0 aliphatic heterocycles. The smallest absolute Gasteiger partial charge is 0.168 e. The summed E-state index contributed by atoms with van der Waals surface area (Å²) >= 11 is 0. The minimum absolute atomic E-state index is 0.240. The summed E-state index contributed by atoms with van der Waals surface area (Å²) in [6.07, 6.45) is 1.75. The molecule has 1 aromatic heterocycles. The van der Waals surface area contributed by atoms with Crippen LogP contribution in [0.5, 0.6) is 11.5 Å². The van der Waals surface area contributed by atoms with Crippen molar-refractivity contribution >= 4 is 5.82 Å². The normalized spacial score (nSPS) is 10.2. The highest BCUT2D eigenvalue weighted by molar-refractivity contribution is 5.84. The van der Waals surface area contributed by atoms with Crippen LogP contribution in [-0.2, 0) is 6.42 Å². The molecule has 2 rings (SSSR count). The first-order chi connectivity index (χ1) is 11.1. The molecule has 1 aromatic carbocycles. The average Bonchev–Trinajstić information content (AvgIpc) is 2.56. The number of ether oxygens (including phenoxy) is 2. The SMILES string of the molecule is CCCc1c(C)nc(N)c(C#N)c1-c1cccc(OC)c1OC. The summed E-state index contributed by atoms with van der Waals surface area (Å²) in [6, 6.07) is 7.80. The maximum atomic E-state index is 9.59. The number of para-hydroxylation sites is 1. The zero-order valence-electron chi connectivity index (χ0n) is 13.9. The molecule has 0 radical (unpaired) electrons. The number of anilines is 1. The molecule has 5 heteroatoms. The number of benzene rings is 1. The molecule has 23 heavy (non-hydrogen) atoms. The van der Waals surface area contributed by atoms with E-state index in [1.807, 2.05) is 25.1 Å². The number of methoxy groups -OCH3 is 2. The standard InChI is InChI=1S/C18H21N3O2/c1-5-7-12-11(2)21-18(20)14(10-19)16(12)13-8-6-9-15(22-3)17(13)23-4/h6,8-9H,5,7H2,1-4H3,(H2,20,21). The average molecular weight is 311 g/mol. The van der Waals surface area contributed by atoms with E-state index in [-0.39, 0.29) is 5.82 Å². The molecule has 0 saturated heterocycles. The minimum Gasteiger partial charge on any atom is -0.493 e. The van der Waals surface area contributed by atoms with Crippen LogP contribution in [0.15, 0.2) is 18.2 Å². The third-order valence-corrected chi connectivity index (χ3v) is 3.82. The van der Waals surface area contributed by atoms with Crippen LogP contribution in [0.3, 0.4) is 0 Å². The lowest BCUT2D eigenvalue weighted by Crippen LogP contribution is -2.06. The Morgan fingerprint density at radius 2 is 2.00 bits per heavy atom. The second kappa shape index (κ2) is 7.01. The Labute approximate surface area is 136 Å². The van der Waals surface area contributed by atoms with Crippen LogP contribution in [0.4, 0.5) is 5.82 Å². The zero-order valence-corrected chi connectivity index (χ0v) is 13.9. The van der Waals surface area contributed by atoms with Gasteiger partial charge in [-0.05, 0) is 25.0 Å². The maximum absolute atomic E-state index is 9.59. The lowest BCUT2D eigenvalue weighted by molar-refractivity contribution is 0.356. The summed E-state index contributed by atoms with van der Waals surface area (Å²) in [6.45, 7) is 4.01. The van der Waals surface area contributed by atoms with E-state index in [0.29, 0.717) is 17.1 Å². The van der Waals surface area contributed by atoms with E-state index in [0.717, 1.165) is 35.2 Å². The Hall–Kier alpha value is -2.74. The molecule has 0 saturated carbocycles. The Balaban J connectivity index is 2.90. The highest BCUT2D eigenvalue weighted by atomic mass is 16.5. The van der Waals surface area contributed by atoms with Crippen LogP contribution in [0.1, 0.15) is 30.2 Å². The molecule has 0 fully saturated rings. The van der Waals surface area contributed by atoms with Gasteiger partial charge in [0.15, 0.2) is 11.5 Å². The van der Waals surface area contributed by atoms with Crippen molar-refractivity contribution in [2.24, 2.45) is 0 Å². The first kappa shape index (κ1) is 16.6. The largest absolute Gasteiger partial charge is 0.493 e. The van der Waals surface area contributed by atoms with E-state index in [1.165, 1.54) is 0 Å². The fourth-order valence-corrected chi connectivity index (χ4v) is 2.81. The number of rotatable bonds is 5. The van der Waals surface area contributed by atoms with Gasteiger partial charge in [-0.15, -0.1) is 0 Å². The monoisotopic (exact) mass is 311 g/mol. The van der Waals surface area contributed by atoms with Crippen molar-refractivity contribution in [2.45, 2.75) is 26.7 Å². The van der Waals surface area contributed by atoms with E-state index >= 15 is 0 Å². The molecule has 5 nitrogen and oxygen atoms in total. The molecule has 0 bridgehead atoms. The van der Waals surface area contributed by atoms with Gasteiger partial charge in [-0.1, -0.05) is 25.5 Å². The highest BCUT2D eigenvalue weighted by Crippen LogP contribution is 2.42. The molecule has 120 valence electrons. The van der Waals surface area contributed by atoms with Gasteiger partial charge in [0, 0.05) is 16.8 Å². The number of nitrogen functional groups attached to an aromatic ring is 1. The van der Waals surface area contributed by atoms with Crippen LogP contribution in [0.25, 0.3) is 11.1 Å². The summed E-state index contributed by atoms with van der Waals surface area (Å²) in [7, 11) is 3.18. The molecule has 0 aliphatic rings. The van der Waals surface area contributed by atoms with Crippen molar-refractivity contribution in [3.63, 3.8) is 0 Å². The van der Waals surface area contributed by atoms with Gasteiger partial charge in [0.2, 0.25) is 0 Å². The lowest BCUT2D eigenvalue weighted by Gasteiger charge is -2.18. The maximum Gasteiger partial charge on any atom is 0.168 e. The van der Waals surface area contributed by atoms with Gasteiger partial charge in [0.25, 0.3) is 0 Å². The molecule has 0 amide bonds. The van der Waals surface area contributed by atoms with Crippen molar-refractivity contribution in [1.82, 2.24) is 4.98 Å².